The lowest BCUT2D eigenvalue weighted by Crippen LogP contribution is -2.29. The smallest absolute Gasteiger partial charge is 0.258 e. The standard InChI is InChI=1S/C25H20ClNO4/c1-16-7-12-20-21(13-16)31-24(18-8-10-19(26)11-9-18)25(23(20)29)30-15-22(28)27-14-17-5-3-2-4-6-17/h2-13H,14-15H2,1H3,(H,27,28). The number of amides is 1. The van der Waals surface area contributed by atoms with E-state index >= 15 is 0 Å². The van der Waals surface area contributed by atoms with Gasteiger partial charge in [-0.15, -0.1) is 0 Å². The Kier molecular flexibility index (Phi) is 6.05. The van der Waals surface area contributed by atoms with E-state index in [0.29, 0.717) is 28.1 Å². The Labute approximate surface area is 184 Å². The number of carbonyl (C=O) groups excluding carboxylic acids is 1. The second-order valence-corrected chi connectivity index (χ2v) is 7.58. The van der Waals surface area contributed by atoms with Gasteiger partial charge in [0.15, 0.2) is 12.4 Å². The van der Waals surface area contributed by atoms with E-state index in [0.717, 1.165) is 11.1 Å². The van der Waals surface area contributed by atoms with Crippen LogP contribution in [0, 0.1) is 6.92 Å². The van der Waals surface area contributed by atoms with Crippen LogP contribution in [-0.2, 0) is 11.3 Å². The number of ether oxygens (including phenoxy) is 1. The molecule has 1 heterocycles. The summed E-state index contributed by atoms with van der Waals surface area (Å²) in [7, 11) is 0. The molecule has 3 aromatic carbocycles. The first-order valence-corrected chi connectivity index (χ1v) is 10.2. The van der Waals surface area contributed by atoms with Crippen molar-refractivity contribution in [2.75, 3.05) is 6.61 Å². The molecule has 0 saturated carbocycles. The van der Waals surface area contributed by atoms with Crippen LogP contribution in [-0.4, -0.2) is 12.5 Å². The van der Waals surface area contributed by atoms with Crippen LogP contribution < -0.4 is 15.5 Å². The van der Waals surface area contributed by atoms with Crippen molar-refractivity contribution in [3.63, 3.8) is 0 Å². The number of fused-ring (bicyclic) bond motifs is 1. The van der Waals surface area contributed by atoms with E-state index in [2.05, 4.69) is 5.32 Å². The number of rotatable bonds is 6. The number of nitrogens with one attached hydrogen (secondary N) is 1. The summed E-state index contributed by atoms with van der Waals surface area (Å²) < 4.78 is 11.7. The van der Waals surface area contributed by atoms with E-state index in [-0.39, 0.29) is 29.5 Å². The largest absolute Gasteiger partial charge is 0.476 e. The highest BCUT2D eigenvalue weighted by Crippen LogP contribution is 2.32. The van der Waals surface area contributed by atoms with Gasteiger partial charge >= 0.3 is 0 Å². The van der Waals surface area contributed by atoms with Gasteiger partial charge in [-0.1, -0.05) is 48.0 Å². The highest BCUT2D eigenvalue weighted by atomic mass is 35.5. The summed E-state index contributed by atoms with van der Waals surface area (Å²) in [5, 5.41) is 3.74. The molecule has 0 radical (unpaired) electrons. The fourth-order valence-corrected chi connectivity index (χ4v) is 3.32. The molecule has 5 nitrogen and oxygen atoms in total. The molecule has 0 fully saturated rings. The van der Waals surface area contributed by atoms with Gasteiger partial charge in [0, 0.05) is 17.1 Å². The van der Waals surface area contributed by atoms with Crippen LogP contribution in [0.5, 0.6) is 5.75 Å². The van der Waals surface area contributed by atoms with Crippen molar-refractivity contribution < 1.29 is 13.9 Å². The minimum Gasteiger partial charge on any atom is -0.476 e. The Morgan fingerprint density at radius 3 is 2.52 bits per heavy atom. The summed E-state index contributed by atoms with van der Waals surface area (Å²) in [5.41, 5.74) is 2.69. The van der Waals surface area contributed by atoms with Crippen LogP contribution in [0.15, 0.2) is 82.0 Å². The van der Waals surface area contributed by atoms with E-state index in [1.807, 2.05) is 43.3 Å². The van der Waals surface area contributed by atoms with Crippen LogP contribution in [0.3, 0.4) is 0 Å². The molecule has 0 saturated heterocycles. The zero-order valence-corrected chi connectivity index (χ0v) is 17.6. The molecule has 0 spiro atoms. The third-order valence-electron chi connectivity index (χ3n) is 4.79. The highest BCUT2D eigenvalue weighted by Gasteiger charge is 2.19. The van der Waals surface area contributed by atoms with Crippen LogP contribution in [0.4, 0.5) is 0 Å². The molecular formula is C25H20ClNO4. The average molecular weight is 434 g/mol. The van der Waals surface area contributed by atoms with Gasteiger partial charge in [0.1, 0.15) is 5.58 Å². The van der Waals surface area contributed by atoms with Crippen molar-refractivity contribution in [1.82, 2.24) is 5.32 Å². The molecule has 156 valence electrons. The summed E-state index contributed by atoms with van der Waals surface area (Å²) in [6, 6.07) is 21.8. The number of hydrogen-bond acceptors (Lipinski definition) is 4. The molecule has 4 rings (SSSR count). The van der Waals surface area contributed by atoms with Crippen LogP contribution >= 0.6 is 11.6 Å². The summed E-state index contributed by atoms with van der Waals surface area (Å²) in [4.78, 5) is 25.5. The summed E-state index contributed by atoms with van der Waals surface area (Å²) in [6.07, 6.45) is 0. The van der Waals surface area contributed by atoms with E-state index in [1.165, 1.54) is 0 Å². The first-order valence-electron chi connectivity index (χ1n) is 9.78. The van der Waals surface area contributed by atoms with Gasteiger partial charge in [-0.2, -0.15) is 0 Å². The van der Waals surface area contributed by atoms with Crippen molar-refractivity contribution in [3.05, 3.63) is 99.2 Å². The van der Waals surface area contributed by atoms with E-state index in [9.17, 15) is 9.59 Å². The van der Waals surface area contributed by atoms with Gasteiger partial charge in [0.25, 0.3) is 5.91 Å². The molecule has 0 bridgehead atoms. The van der Waals surface area contributed by atoms with Gasteiger partial charge < -0.3 is 14.5 Å². The molecule has 1 aromatic heterocycles. The summed E-state index contributed by atoms with van der Waals surface area (Å²) in [5.74, 6) is -0.0847. The molecule has 1 amide bonds. The lowest BCUT2D eigenvalue weighted by atomic mass is 10.1. The van der Waals surface area contributed by atoms with Crippen molar-refractivity contribution in [2.24, 2.45) is 0 Å². The lowest BCUT2D eigenvalue weighted by Gasteiger charge is -2.12. The van der Waals surface area contributed by atoms with Gasteiger partial charge in [0.2, 0.25) is 11.2 Å². The monoisotopic (exact) mass is 433 g/mol. The molecule has 1 N–H and O–H groups in total. The maximum absolute atomic E-state index is 13.1. The van der Waals surface area contributed by atoms with Crippen LogP contribution in [0.2, 0.25) is 5.02 Å². The molecular weight excluding hydrogens is 414 g/mol. The molecule has 0 aliphatic rings. The van der Waals surface area contributed by atoms with Crippen LogP contribution in [0.25, 0.3) is 22.3 Å². The van der Waals surface area contributed by atoms with Crippen molar-refractivity contribution in [3.8, 4) is 17.1 Å². The van der Waals surface area contributed by atoms with E-state index in [4.69, 9.17) is 20.8 Å². The van der Waals surface area contributed by atoms with Gasteiger partial charge in [-0.05, 0) is 54.4 Å². The number of benzene rings is 3. The Hall–Kier alpha value is -3.57. The topological polar surface area (TPSA) is 68.5 Å². The maximum Gasteiger partial charge on any atom is 0.258 e. The summed E-state index contributed by atoms with van der Waals surface area (Å²) in [6.45, 7) is 1.98. The normalized spacial score (nSPS) is 10.8. The first kappa shape index (κ1) is 20.7. The minimum atomic E-state index is -0.339. The quantitative estimate of drug-likeness (QED) is 0.458. The van der Waals surface area contributed by atoms with E-state index < -0.39 is 0 Å². The Bertz CT molecular complexity index is 1280. The summed E-state index contributed by atoms with van der Waals surface area (Å²) >= 11 is 6.00. The predicted molar refractivity (Wildman–Crippen MR) is 121 cm³/mol. The number of carbonyl (C=O) groups is 1. The van der Waals surface area contributed by atoms with Gasteiger partial charge in [-0.3, -0.25) is 9.59 Å². The van der Waals surface area contributed by atoms with E-state index in [1.54, 1.807) is 36.4 Å². The highest BCUT2D eigenvalue weighted by molar-refractivity contribution is 6.30. The van der Waals surface area contributed by atoms with Crippen LogP contribution in [0.1, 0.15) is 11.1 Å². The first-order chi connectivity index (χ1) is 15.0. The zero-order valence-electron chi connectivity index (χ0n) is 16.9. The Morgan fingerprint density at radius 1 is 1.03 bits per heavy atom. The second kappa shape index (κ2) is 9.06. The average Bonchev–Trinajstić information content (AvgIpc) is 2.78. The molecule has 0 aliphatic heterocycles. The molecule has 31 heavy (non-hydrogen) atoms. The number of halogens is 1. The van der Waals surface area contributed by atoms with Crippen molar-refractivity contribution in [2.45, 2.75) is 13.5 Å². The minimum absolute atomic E-state index is 0.00598. The fraction of sp³-hybridized carbons (Fsp3) is 0.120. The molecule has 0 aliphatic carbocycles. The maximum atomic E-state index is 13.1. The van der Waals surface area contributed by atoms with Crippen molar-refractivity contribution in [1.29, 1.82) is 0 Å². The number of hydrogen-bond donors (Lipinski definition) is 1. The second-order valence-electron chi connectivity index (χ2n) is 7.15. The fourth-order valence-electron chi connectivity index (χ4n) is 3.19. The Morgan fingerprint density at radius 2 is 1.77 bits per heavy atom. The Balaban J connectivity index is 1.63. The van der Waals surface area contributed by atoms with Crippen molar-refractivity contribution >= 4 is 28.5 Å². The number of aryl methyl sites for hydroxylation is 1. The SMILES string of the molecule is Cc1ccc2c(=O)c(OCC(=O)NCc3ccccc3)c(-c3ccc(Cl)cc3)oc2c1. The zero-order chi connectivity index (χ0) is 21.8. The molecule has 4 aromatic rings. The molecule has 6 heteroatoms. The molecule has 0 atom stereocenters. The lowest BCUT2D eigenvalue weighted by molar-refractivity contribution is -0.123. The van der Waals surface area contributed by atoms with Gasteiger partial charge in [0.05, 0.1) is 5.39 Å². The molecule has 0 unspecified atom stereocenters. The predicted octanol–water partition coefficient (Wildman–Crippen LogP) is 5.12. The van der Waals surface area contributed by atoms with Gasteiger partial charge in [-0.25, -0.2) is 0 Å². The third-order valence-corrected chi connectivity index (χ3v) is 5.04. The third kappa shape index (κ3) is 4.78.